The molecule has 0 radical (unpaired) electrons. The highest BCUT2D eigenvalue weighted by molar-refractivity contribution is 5.47. The van der Waals surface area contributed by atoms with Crippen LogP contribution in [0.3, 0.4) is 0 Å². The molecule has 0 aliphatic heterocycles. The number of anilines is 1. The standard InChI is InChI=1S/C12H14F3NO2/c1-17-11-6-9(7-11)16-8-2-4-10(5-3-8)18-12(13,14)15/h2-5,9,11,16H,6-7H2,1H3. The summed E-state index contributed by atoms with van der Waals surface area (Å²) in [5.74, 6) is -0.212. The van der Waals surface area contributed by atoms with E-state index < -0.39 is 6.36 Å². The second kappa shape index (κ2) is 5.06. The number of rotatable bonds is 4. The van der Waals surface area contributed by atoms with Gasteiger partial charge >= 0.3 is 6.36 Å². The molecule has 0 heterocycles. The van der Waals surface area contributed by atoms with Crippen LogP contribution >= 0.6 is 0 Å². The van der Waals surface area contributed by atoms with Crippen molar-refractivity contribution in [2.24, 2.45) is 0 Å². The van der Waals surface area contributed by atoms with Crippen LogP contribution in [0.25, 0.3) is 0 Å². The molecule has 6 heteroatoms. The fourth-order valence-corrected chi connectivity index (χ4v) is 1.86. The van der Waals surface area contributed by atoms with E-state index in [1.807, 2.05) is 0 Å². The zero-order valence-electron chi connectivity index (χ0n) is 9.83. The topological polar surface area (TPSA) is 30.5 Å². The van der Waals surface area contributed by atoms with Gasteiger partial charge in [0.25, 0.3) is 0 Å². The smallest absolute Gasteiger partial charge is 0.406 e. The second-order valence-electron chi connectivity index (χ2n) is 4.24. The van der Waals surface area contributed by atoms with E-state index in [-0.39, 0.29) is 11.9 Å². The Morgan fingerprint density at radius 2 is 1.78 bits per heavy atom. The van der Waals surface area contributed by atoms with Crippen molar-refractivity contribution in [1.82, 2.24) is 0 Å². The highest BCUT2D eigenvalue weighted by Crippen LogP contribution is 2.28. The van der Waals surface area contributed by atoms with Crippen LogP contribution in [0.15, 0.2) is 24.3 Å². The predicted octanol–water partition coefficient (Wildman–Crippen LogP) is 3.17. The monoisotopic (exact) mass is 261 g/mol. The summed E-state index contributed by atoms with van der Waals surface area (Å²) >= 11 is 0. The van der Waals surface area contributed by atoms with Crippen molar-refractivity contribution in [1.29, 1.82) is 0 Å². The number of methoxy groups -OCH3 is 1. The minimum absolute atomic E-state index is 0.212. The molecule has 1 aromatic rings. The number of benzene rings is 1. The summed E-state index contributed by atoms with van der Waals surface area (Å²) in [6.45, 7) is 0. The number of ether oxygens (including phenoxy) is 2. The van der Waals surface area contributed by atoms with E-state index in [4.69, 9.17) is 4.74 Å². The number of alkyl halides is 3. The number of halogens is 3. The minimum atomic E-state index is -4.64. The van der Waals surface area contributed by atoms with Crippen molar-refractivity contribution in [2.75, 3.05) is 12.4 Å². The molecule has 1 fully saturated rings. The lowest BCUT2D eigenvalue weighted by Gasteiger charge is -2.35. The summed E-state index contributed by atoms with van der Waals surface area (Å²) in [6.07, 6.45) is -2.53. The fourth-order valence-electron chi connectivity index (χ4n) is 1.86. The summed E-state index contributed by atoms with van der Waals surface area (Å²) in [5, 5.41) is 3.22. The van der Waals surface area contributed by atoms with Gasteiger partial charge in [-0.1, -0.05) is 0 Å². The van der Waals surface area contributed by atoms with Crippen molar-refractivity contribution in [3.63, 3.8) is 0 Å². The molecule has 0 spiro atoms. The summed E-state index contributed by atoms with van der Waals surface area (Å²) in [6, 6.07) is 6.05. The van der Waals surface area contributed by atoms with Gasteiger partial charge in [0.05, 0.1) is 6.10 Å². The van der Waals surface area contributed by atoms with Gasteiger partial charge in [-0.25, -0.2) is 0 Å². The quantitative estimate of drug-likeness (QED) is 0.903. The zero-order chi connectivity index (χ0) is 13.2. The Morgan fingerprint density at radius 3 is 2.28 bits per heavy atom. The largest absolute Gasteiger partial charge is 0.573 e. The van der Waals surface area contributed by atoms with E-state index >= 15 is 0 Å². The van der Waals surface area contributed by atoms with E-state index in [0.717, 1.165) is 18.5 Å². The maximum Gasteiger partial charge on any atom is 0.573 e. The van der Waals surface area contributed by atoms with E-state index in [9.17, 15) is 13.2 Å². The Kier molecular flexibility index (Phi) is 3.65. The number of hydrogen-bond acceptors (Lipinski definition) is 3. The van der Waals surface area contributed by atoms with Gasteiger partial charge in [0.2, 0.25) is 0 Å². The molecule has 1 aromatic carbocycles. The van der Waals surface area contributed by atoms with Crippen LogP contribution in [-0.4, -0.2) is 25.6 Å². The molecule has 1 aliphatic rings. The van der Waals surface area contributed by atoms with Gasteiger partial charge < -0.3 is 14.8 Å². The van der Waals surface area contributed by atoms with Crippen molar-refractivity contribution < 1.29 is 22.6 Å². The van der Waals surface area contributed by atoms with Crippen LogP contribution in [0.5, 0.6) is 5.75 Å². The predicted molar refractivity (Wildman–Crippen MR) is 60.6 cm³/mol. The molecule has 0 atom stereocenters. The lowest BCUT2D eigenvalue weighted by atomic mass is 9.89. The van der Waals surface area contributed by atoms with Crippen molar-refractivity contribution >= 4 is 5.69 Å². The number of hydrogen-bond donors (Lipinski definition) is 1. The molecule has 100 valence electrons. The molecule has 1 N–H and O–H groups in total. The highest BCUT2D eigenvalue weighted by Gasteiger charge is 2.31. The summed E-state index contributed by atoms with van der Waals surface area (Å²) in [5.41, 5.74) is 0.782. The average molecular weight is 261 g/mol. The molecular weight excluding hydrogens is 247 g/mol. The Balaban J connectivity index is 1.85. The third kappa shape index (κ3) is 3.53. The van der Waals surface area contributed by atoms with Crippen molar-refractivity contribution in [3.8, 4) is 5.75 Å². The van der Waals surface area contributed by atoms with Crippen molar-refractivity contribution in [2.45, 2.75) is 31.3 Å². The lowest BCUT2D eigenvalue weighted by Crippen LogP contribution is -2.40. The van der Waals surface area contributed by atoms with Gasteiger partial charge in [0.15, 0.2) is 0 Å². The molecule has 0 amide bonds. The Bertz CT molecular complexity index is 385. The van der Waals surface area contributed by atoms with Gasteiger partial charge in [-0.15, -0.1) is 13.2 Å². The summed E-state index contributed by atoms with van der Waals surface area (Å²) in [7, 11) is 1.67. The fraction of sp³-hybridized carbons (Fsp3) is 0.500. The SMILES string of the molecule is COC1CC(Nc2ccc(OC(F)(F)F)cc2)C1. The first-order valence-electron chi connectivity index (χ1n) is 5.61. The lowest BCUT2D eigenvalue weighted by molar-refractivity contribution is -0.274. The Hall–Kier alpha value is -1.43. The third-order valence-corrected chi connectivity index (χ3v) is 2.89. The molecule has 0 aromatic heterocycles. The molecular formula is C12H14F3NO2. The van der Waals surface area contributed by atoms with Crippen LogP contribution in [0.4, 0.5) is 18.9 Å². The van der Waals surface area contributed by atoms with Gasteiger partial charge in [0.1, 0.15) is 5.75 Å². The minimum Gasteiger partial charge on any atom is -0.406 e. The maximum absolute atomic E-state index is 11.9. The Labute approximate surface area is 103 Å². The molecule has 3 nitrogen and oxygen atoms in total. The number of nitrogens with one attached hydrogen (secondary N) is 1. The highest BCUT2D eigenvalue weighted by atomic mass is 19.4. The maximum atomic E-state index is 11.9. The van der Waals surface area contributed by atoms with Gasteiger partial charge in [-0.3, -0.25) is 0 Å². The summed E-state index contributed by atoms with van der Waals surface area (Å²) in [4.78, 5) is 0. The zero-order valence-corrected chi connectivity index (χ0v) is 9.83. The van der Waals surface area contributed by atoms with Gasteiger partial charge in [-0.05, 0) is 37.1 Å². The molecule has 0 bridgehead atoms. The molecule has 2 rings (SSSR count). The van der Waals surface area contributed by atoms with Crippen LogP contribution in [0.2, 0.25) is 0 Å². The van der Waals surface area contributed by atoms with E-state index in [2.05, 4.69) is 10.1 Å². The van der Waals surface area contributed by atoms with Crippen LogP contribution in [-0.2, 0) is 4.74 Å². The molecule has 1 aliphatic carbocycles. The van der Waals surface area contributed by atoms with Gasteiger partial charge in [0, 0.05) is 18.8 Å². The third-order valence-electron chi connectivity index (χ3n) is 2.89. The van der Waals surface area contributed by atoms with Gasteiger partial charge in [-0.2, -0.15) is 0 Å². The first-order valence-corrected chi connectivity index (χ1v) is 5.61. The van der Waals surface area contributed by atoms with E-state index in [1.54, 1.807) is 19.2 Å². The summed E-state index contributed by atoms with van der Waals surface area (Å²) < 4.78 is 44.8. The van der Waals surface area contributed by atoms with Crippen LogP contribution in [0, 0.1) is 0 Å². The molecule has 0 saturated heterocycles. The van der Waals surface area contributed by atoms with E-state index in [0.29, 0.717) is 6.04 Å². The van der Waals surface area contributed by atoms with E-state index in [1.165, 1.54) is 12.1 Å². The van der Waals surface area contributed by atoms with Crippen LogP contribution < -0.4 is 10.1 Å². The first-order chi connectivity index (χ1) is 8.46. The molecule has 18 heavy (non-hydrogen) atoms. The van der Waals surface area contributed by atoms with Crippen molar-refractivity contribution in [3.05, 3.63) is 24.3 Å². The average Bonchev–Trinajstić information content (AvgIpc) is 2.23. The Morgan fingerprint density at radius 1 is 1.17 bits per heavy atom. The second-order valence-corrected chi connectivity index (χ2v) is 4.24. The molecule has 0 unspecified atom stereocenters. The molecule has 1 saturated carbocycles. The normalized spacial score (nSPS) is 23.3. The van der Waals surface area contributed by atoms with Crippen LogP contribution in [0.1, 0.15) is 12.8 Å². The first kappa shape index (κ1) is 13.0.